The van der Waals surface area contributed by atoms with Gasteiger partial charge in [0.2, 0.25) is 0 Å². The Morgan fingerprint density at radius 3 is 2.17 bits per heavy atom. The highest BCUT2D eigenvalue weighted by molar-refractivity contribution is 7.14. The number of rotatable bonds is 7. The van der Waals surface area contributed by atoms with E-state index in [-0.39, 0.29) is 24.4 Å². The van der Waals surface area contributed by atoms with Gasteiger partial charge in [0.1, 0.15) is 0 Å². The monoisotopic (exact) mass is 727 g/mol. The van der Waals surface area contributed by atoms with E-state index in [0.717, 1.165) is 59.0 Å². The smallest absolute Gasteiger partial charge is 0.407 e. The second-order valence-electron chi connectivity index (χ2n) is 13.8. The molecular weight excluding hydrogens is 687 g/mol. The summed E-state index contributed by atoms with van der Waals surface area (Å²) in [7, 11) is 0. The highest BCUT2D eigenvalue weighted by atomic mass is 32.1. The maximum Gasteiger partial charge on any atom is 0.407 e. The minimum absolute atomic E-state index is 0.0751. The number of anilines is 2. The Labute approximate surface area is 312 Å². The van der Waals surface area contributed by atoms with Gasteiger partial charge in [0.25, 0.3) is 11.8 Å². The fourth-order valence-corrected chi connectivity index (χ4v) is 8.60. The molecule has 10 nitrogen and oxygen atoms in total. The Bertz CT molecular complexity index is 2110. The largest absolute Gasteiger partial charge is 0.465 e. The number of ether oxygens (including phenoxy) is 1. The molecule has 3 aliphatic heterocycles. The normalized spacial score (nSPS) is 17.2. The summed E-state index contributed by atoms with van der Waals surface area (Å²) in [5.41, 5.74) is 7.35. The topological polar surface area (TPSA) is 107 Å². The number of thiazole rings is 1. The van der Waals surface area contributed by atoms with Crippen LogP contribution in [0.3, 0.4) is 0 Å². The van der Waals surface area contributed by atoms with Crippen molar-refractivity contribution < 1.29 is 24.2 Å². The first kappa shape index (κ1) is 34.7. The number of hydrogen-bond acceptors (Lipinski definition) is 7. The summed E-state index contributed by atoms with van der Waals surface area (Å²) in [5.74, 6) is -0.388. The van der Waals surface area contributed by atoms with Gasteiger partial charge in [-0.1, -0.05) is 60.7 Å². The highest BCUT2D eigenvalue weighted by Gasteiger charge is 2.35. The van der Waals surface area contributed by atoms with Gasteiger partial charge in [-0.2, -0.15) is 0 Å². The minimum Gasteiger partial charge on any atom is -0.465 e. The second-order valence-corrected chi connectivity index (χ2v) is 15.0. The van der Waals surface area contributed by atoms with Crippen molar-refractivity contribution >= 4 is 40.6 Å². The van der Waals surface area contributed by atoms with Gasteiger partial charge in [0, 0.05) is 72.7 Å². The van der Waals surface area contributed by atoms with Crippen molar-refractivity contribution in [2.75, 3.05) is 44.3 Å². The molecule has 4 heterocycles. The number of hydrogen-bond donors (Lipinski definition) is 1. The Kier molecular flexibility index (Phi) is 9.78. The molecular formula is C42H41N5O5S. The molecule has 1 atom stereocenters. The highest BCUT2D eigenvalue weighted by Crippen LogP contribution is 2.38. The fourth-order valence-electron chi connectivity index (χ4n) is 7.74. The Morgan fingerprint density at radius 2 is 1.49 bits per heavy atom. The van der Waals surface area contributed by atoms with Crippen molar-refractivity contribution in [1.29, 1.82) is 0 Å². The molecule has 1 aromatic heterocycles. The van der Waals surface area contributed by atoms with Crippen LogP contribution in [0, 0.1) is 6.92 Å². The molecule has 3 amide bonds. The molecule has 1 N–H and O–H groups in total. The van der Waals surface area contributed by atoms with E-state index in [0.29, 0.717) is 54.6 Å². The molecule has 53 heavy (non-hydrogen) atoms. The second kappa shape index (κ2) is 14.9. The number of fused-ring (bicyclic) bond motifs is 2. The molecule has 8 rings (SSSR count). The first-order valence-corrected chi connectivity index (χ1v) is 18.9. The van der Waals surface area contributed by atoms with Gasteiger partial charge >= 0.3 is 6.09 Å². The number of amides is 3. The average Bonchev–Trinajstić information content (AvgIpc) is 3.59. The molecule has 5 aromatic rings. The van der Waals surface area contributed by atoms with Crippen LogP contribution in [-0.2, 0) is 30.7 Å². The van der Waals surface area contributed by atoms with Crippen molar-refractivity contribution in [3.63, 3.8) is 0 Å². The Morgan fingerprint density at radius 1 is 0.830 bits per heavy atom. The lowest BCUT2D eigenvalue weighted by Crippen LogP contribution is -2.52. The molecule has 11 heteroatoms. The summed E-state index contributed by atoms with van der Waals surface area (Å²) in [6, 6.07) is 31.2. The number of carbonyl (C=O) groups excluding carboxylic acids is 2. The Hall–Kier alpha value is -5.36. The summed E-state index contributed by atoms with van der Waals surface area (Å²) >= 11 is 1.32. The van der Waals surface area contributed by atoms with Crippen LogP contribution in [0.5, 0.6) is 0 Å². The van der Waals surface area contributed by atoms with Crippen LogP contribution in [0.1, 0.15) is 47.3 Å². The molecule has 0 unspecified atom stereocenters. The molecule has 4 aromatic carbocycles. The van der Waals surface area contributed by atoms with Crippen LogP contribution >= 0.6 is 11.3 Å². The molecule has 1 saturated heterocycles. The third-order valence-corrected chi connectivity index (χ3v) is 11.5. The zero-order valence-electron chi connectivity index (χ0n) is 29.6. The van der Waals surface area contributed by atoms with E-state index in [1.807, 2.05) is 90.7 Å². The number of aryl methyl sites for hydroxylation is 1. The van der Waals surface area contributed by atoms with Crippen LogP contribution in [0.4, 0.5) is 16.2 Å². The number of carboxylic acid groups (broad SMARTS) is 1. The number of para-hydroxylation sites is 2. The number of benzene rings is 4. The first-order chi connectivity index (χ1) is 25.8. The molecule has 0 bridgehead atoms. The van der Waals surface area contributed by atoms with E-state index in [1.165, 1.54) is 21.8 Å². The minimum atomic E-state index is -0.981. The van der Waals surface area contributed by atoms with Gasteiger partial charge in [0.05, 0.1) is 18.9 Å². The van der Waals surface area contributed by atoms with Gasteiger partial charge in [-0.3, -0.25) is 19.4 Å². The van der Waals surface area contributed by atoms with Gasteiger partial charge in [0.15, 0.2) is 5.01 Å². The van der Waals surface area contributed by atoms with Crippen molar-refractivity contribution in [1.82, 2.24) is 19.7 Å². The predicted molar refractivity (Wildman–Crippen MR) is 205 cm³/mol. The zero-order chi connectivity index (χ0) is 36.5. The lowest BCUT2D eigenvalue weighted by molar-refractivity contribution is 0.0193. The molecule has 0 saturated carbocycles. The predicted octanol–water partition coefficient (Wildman–Crippen LogP) is 7.03. The van der Waals surface area contributed by atoms with Crippen LogP contribution in [-0.4, -0.2) is 88.1 Å². The summed E-state index contributed by atoms with van der Waals surface area (Å²) in [4.78, 5) is 54.8. The van der Waals surface area contributed by atoms with Gasteiger partial charge in [-0.25, -0.2) is 9.78 Å². The van der Waals surface area contributed by atoms with Gasteiger partial charge in [-0.15, -0.1) is 11.3 Å². The molecule has 0 aliphatic carbocycles. The summed E-state index contributed by atoms with van der Waals surface area (Å²) in [5, 5.41) is 10.2. The van der Waals surface area contributed by atoms with Crippen molar-refractivity contribution in [2.24, 2.45) is 0 Å². The fraction of sp³-hybridized carbons (Fsp3) is 0.286. The average molecular weight is 728 g/mol. The quantitative estimate of drug-likeness (QED) is 0.192. The number of nitrogens with zero attached hydrogens (tertiary/aromatic N) is 5. The van der Waals surface area contributed by atoms with Crippen LogP contribution < -0.4 is 4.90 Å². The summed E-state index contributed by atoms with van der Waals surface area (Å²) in [6.07, 6.45) is 0.269. The van der Waals surface area contributed by atoms with Gasteiger partial charge in [-0.05, 0) is 78.4 Å². The van der Waals surface area contributed by atoms with E-state index < -0.39 is 6.09 Å². The molecule has 0 radical (unpaired) electrons. The number of aromatic nitrogens is 1. The lowest BCUT2D eigenvalue weighted by Gasteiger charge is -2.41. The zero-order valence-corrected chi connectivity index (χ0v) is 30.4. The van der Waals surface area contributed by atoms with E-state index in [9.17, 15) is 14.7 Å². The third kappa shape index (κ3) is 7.07. The van der Waals surface area contributed by atoms with Gasteiger partial charge < -0.3 is 19.6 Å². The molecule has 270 valence electrons. The third-order valence-electron chi connectivity index (χ3n) is 10.5. The molecule has 0 spiro atoms. The van der Waals surface area contributed by atoms with Crippen LogP contribution in [0.2, 0.25) is 0 Å². The van der Waals surface area contributed by atoms with Crippen molar-refractivity contribution in [2.45, 2.75) is 38.9 Å². The van der Waals surface area contributed by atoms with Crippen LogP contribution in [0.25, 0.3) is 11.3 Å². The number of morpholine rings is 1. The standard InChI is InChI=1S/C42H41N5O5S/c1-28-38(43-39(53-28)41(49)47(33-12-4-2-5-13-33)34-14-6-3-7-15-34)36-23-30-16-17-45(42(50)51)25-32(30)24-37(36)40(48)46-26-31-11-9-8-10-29(31)22-35(46)27-44-18-20-52-21-19-44/h2-15,23-24,35H,16-22,25-27H2,1H3,(H,50,51)/t35-/m0/s1. The van der Waals surface area contributed by atoms with E-state index in [1.54, 1.807) is 4.90 Å². The maximum atomic E-state index is 15.1. The lowest BCUT2D eigenvalue weighted by atomic mass is 9.89. The van der Waals surface area contributed by atoms with Crippen molar-refractivity contribution in [3.8, 4) is 11.3 Å². The van der Waals surface area contributed by atoms with Crippen LogP contribution in [0.15, 0.2) is 97.1 Å². The van der Waals surface area contributed by atoms with E-state index >= 15 is 4.79 Å². The van der Waals surface area contributed by atoms with Crippen molar-refractivity contribution in [3.05, 3.63) is 135 Å². The molecule has 1 fully saturated rings. The Balaban J connectivity index is 1.21. The van der Waals surface area contributed by atoms with E-state index in [2.05, 4.69) is 23.1 Å². The summed E-state index contributed by atoms with van der Waals surface area (Å²) < 4.78 is 5.63. The first-order valence-electron chi connectivity index (χ1n) is 18.1. The van der Waals surface area contributed by atoms with E-state index in [4.69, 9.17) is 9.72 Å². The SMILES string of the molecule is Cc1sc(C(=O)N(c2ccccc2)c2ccccc2)nc1-c1cc2c(cc1C(=O)N1Cc3ccccc3C[C@H]1CN1CCOCC1)CN(C(=O)O)CC2. The maximum absolute atomic E-state index is 15.1. The summed E-state index contributed by atoms with van der Waals surface area (Å²) in [6.45, 7) is 6.66. The number of carbonyl (C=O) groups is 3. The molecule has 3 aliphatic rings.